The Kier molecular flexibility index (Phi) is 4.61. The summed E-state index contributed by atoms with van der Waals surface area (Å²) in [6.07, 6.45) is 1.42. The van der Waals surface area contributed by atoms with Crippen LogP contribution in [0.15, 0.2) is 24.3 Å². The van der Waals surface area contributed by atoms with Crippen molar-refractivity contribution in [1.29, 1.82) is 0 Å². The zero-order valence-electron chi connectivity index (χ0n) is 11.8. The molecule has 20 heavy (non-hydrogen) atoms. The molecular formula is C15H19NO4. The van der Waals surface area contributed by atoms with Crippen LogP contribution in [0.2, 0.25) is 0 Å². The van der Waals surface area contributed by atoms with Crippen molar-refractivity contribution in [2.75, 3.05) is 18.6 Å². The summed E-state index contributed by atoms with van der Waals surface area (Å²) in [6, 6.07) is 7.39. The van der Waals surface area contributed by atoms with Gasteiger partial charge in [-0.2, -0.15) is 0 Å². The molecule has 1 aliphatic heterocycles. The molecule has 0 aliphatic carbocycles. The molecule has 1 amide bonds. The fourth-order valence-electron chi connectivity index (χ4n) is 2.24. The van der Waals surface area contributed by atoms with Gasteiger partial charge >= 0.3 is 5.97 Å². The molecule has 2 rings (SSSR count). The molecule has 1 saturated heterocycles. The van der Waals surface area contributed by atoms with E-state index in [4.69, 9.17) is 4.74 Å². The Morgan fingerprint density at radius 1 is 1.45 bits per heavy atom. The smallest absolute Gasteiger partial charge is 0.309 e. The lowest BCUT2D eigenvalue weighted by Gasteiger charge is -2.18. The maximum atomic E-state index is 11.7. The SMILES string of the molecule is COC(=O)CC(C)Oc1cccc(N2CCCC2=O)c1. The average molecular weight is 277 g/mol. The van der Waals surface area contributed by atoms with E-state index in [-0.39, 0.29) is 24.4 Å². The third-order valence-corrected chi connectivity index (χ3v) is 3.22. The van der Waals surface area contributed by atoms with E-state index >= 15 is 0 Å². The molecule has 0 spiro atoms. The zero-order valence-corrected chi connectivity index (χ0v) is 11.8. The number of carbonyl (C=O) groups is 2. The number of carbonyl (C=O) groups excluding carboxylic acids is 2. The molecule has 0 aromatic heterocycles. The molecule has 1 aliphatic rings. The summed E-state index contributed by atoms with van der Waals surface area (Å²) in [5.74, 6) is 0.492. The van der Waals surface area contributed by atoms with E-state index in [9.17, 15) is 9.59 Å². The molecular weight excluding hydrogens is 258 g/mol. The molecule has 5 heteroatoms. The molecule has 0 N–H and O–H groups in total. The van der Waals surface area contributed by atoms with Crippen LogP contribution in [0.5, 0.6) is 5.75 Å². The minimum absolute atomic E-state index is 0.143. The Morgan fingerprint density at radius 3 is 2.90 bits per heavy atom. The van der Waals surface area contributed by atoms with E-state index in [1.165, 1.54) is 7.11 Å². The third kappa shape index (κ3) is 3.50. The lowest BCUT2D eigenvalue weighted by atomic mass is 10.2. The molecule has 1 atom stereocenters. The number of methoxy groups -OCH3 is 1. The van der Waals surface area contributed by atoms with Crippen LogP contribution < -0.4 is 9.64 Å². The van der Waals surface area contributed by atoms with Crippen molar-refractivity contribution in [2.24, 2.45) is 0 Å². The fraction of sp³-hybridized carbons (Fsp3) is 0.467. The molecule has 1 aromatic rings. The maximum Gasteiger partial charge on any atom is 0.309 e. The molecule has 1 heterocycles. The second kappa shape index (κ2) is 6.41. The van der Waals surface area contributed by atoms with Gasteiger partial charge in [0.2, 0.25) is 5.91 Å². The number of hydrogen-bond donors (Lipinski definition) is 0. The average Bonchev–Trinajstić information content (AvgIpc) is 2.85. The van der Waals surface area contributed by atoms with Gasteiger partial charge in [-0.05, 0) is 25.5 Å². The summed E-state index contributed by atoms with van der Waals surface area (Å²) < 4.78 is 10.3. The van der Waals surface area contributed by atoms with Gasteiger partial charge < -0.3 is 14.4 Å². The van der Waals surface area contributed by atoms with Crippen LogP contribution in [0, 0.1) is 0 Å². The molecule has 5 nitrogen and oxygen atoms in total. The van der Waals surface area contributed by atoms with Gasteiger partial charge in [0.25, 0.3) is 0 Å². The summed E-state index contributed by atoms with van der Waals surface area (Å²) in [5.41, 5.74) is 0.843. The Morgan fingerprint density at radius 2 is 2.25 bits per heavy atom. The van der Waals surface area contributed by atoms with Crippen molar-refractivity contribution in [3.8, 4) is 5.75 Å². The first-order valence-corrected chi connectivity index (χ1v) is 6.74. The molecule has 0 radical (unpaired) electrons. The van der Waals surface area contributed by atoms with Gasteiger partial charge in [-0.1, -0.05) is 6.07 Å². The van der Waals surface area contributed by atoms with Crippen molar-refractivity contribution < 1.29 is 19.1 Å². The van der Waals surface area contributed by atoms with Crippen LogP contribution in [0.1, 0.15) is 26.2 Å². The second-order valence-electron chi connectivity index (χ2n) is 4.86. The number of rotatable bonds is 5. The summed E-state index contributed by atoms with van der Waals surface area (Å²) in [7, 11) is 1.36. The summed E-state index contributed by atoms with van der Waals surface area (Å²) in [5, 5.41) is 0. The molecule has 0 bridgehead atoms. The van der Waals surface area contributed by atoms with E-state index in [1.807, 2.05) is 31.2 Å². The fourth-order valence-corrected chi connectivity index (χ4v) is 2.24. The van der Waals surface area contributed by atoms with Crippen LogP contribution in [0.4, 0.5) is 5.69 Å². The predicted molar refractivity (Wildman–Crippen MR) is 74.8 cm³/mol. The van der Waals surface area contributed by atoms with Crippen LogP contribution >= 0.6 is 0 Å². The van der Waals surface area contributed by atoms with Crippen LogP contribution in [-0.4, -0.2) is 31.6 Å². The van der Waals surface area contributed by atoms with Gasteiger partial charge in [0.05, 0.1) is 13.5 Å². The summed E-state index contributed by atoms with van der Waals surface area (Å²) in [4.78, 5) is 24.7. The van der Waals surface area contributed by atoms with E-state index in [1.54, 1.807) is 4.90 Å². The van der Waals surface area contributed by atoms with Crippen molar-refractivity contribution in [2.45, 2.75) is 32.3 Å². The standard InChI is InChI=1S/C15H19NO4/c1-11(9-15(18)19-2)20-13-6-3-5-12(10-13)16-8-4-7-14(16)17/h3,5-6,10-11H,4,7-9H2,1-2H3. The highest BCUT2D eigenvalue weighted by Gasteiger charge is 2.22. The minimum Gasteiger partial charge on any atom is -0.490 e. The topological polar surface area (TPSA) is 55.8 Å². The lowest BCUT2D eigenvalue weighted by molar-refractivity contribution is -0.142. The number of anilines is 1. The van der Waals surface area contributed by atoms with Gasteiger partial charge in [0.1, 0.15) is 11.9 Å². The Hall–Kier alpha value is -2.04. The third-order valence-electron chi connectivity index (χ3n) is 3.22. The molecule has 108 valence electrons. The zero-order chi connectivity index (χ0) is 14.5. The predicted octanol–water partition coefficient (Wildman–Crippen LogP) is 2.14. The van der Waals surface area contributed by atoms with Crippen molar-refractivity contribution in [3.63, 3.8) is 0 Å². The number of ether oxygens (including phenoxy) is 2. The largest absolute Gasteiger partial charge is 0.490 e. The van der Waals surface area contributed by atoms with Crippen molar-refractivity contribution in [3.05, 3.63) is 24.3 Å². The number of nitrogens with zero attached hydrogens (tertiary/aromatic N) is 1. The minimum atomic E-state index is -0.302. The van der Waals surface area contributed by atoms with Crippen molar-refractivity contribution in [1.82, 2.24) is 0 Å². The Balaban J connectivity index is 2.02. The molecule has 0 saturated carbocycles. The van der Waals surface area contributed by atoms with Gasteiger partial charge in [-0.3, -0.25) is 9.59 Å². The highest BCUT2D eigenvalue weighted by Crippen LogP contribution is 2.26. The van der Waals surface area contributed by atoms with Gasteiger partial charge in [-0.15, -0.1) is 0 Å². The highest BCUT2D eigenvalue weighted by atomic mass is 16.5. The van der Waals surface area contributed by atoms with Gasteiger partial charge in [0.15, 0.2) is 0 Å². The first-order chi connectivity index (χ1) is 9.60. The van der Waals surface area contributed by atoms with Crippen LogP contribution in [-0.2, 0) is 14.3 Å². The lowest BCUT2D eigenvalue weighted by Crippen LogP contribution is -2.23. The number of benzene rings is 1. The Labute approximate surface area is 118 Å². The van der Waals surface area contributed by atoms with Crippen LogP contribution in [0.3, 0.4) is 0 Å². The van der Waals surface area contributed by atoms with Crippen LogP contribution in [0.25, 0.3) is 0 Å². The number of hydrogen-bond acceptors (Lipinski definition) is 4. The Bertz CT molecular complexity index is 500. The summed E-state index contributed by atoms with van der Waals surface area (Å²) >= 11 is 0. The number of esters is 1. The molecule has 1 aromatic carbocycles. The second-order valence-corrected chi connectivity index (χ2v) is 4.86. The number of amides is 1. The van der Waals surface area contributed by atoms with E-state index in [2.05, 4.69) is 4.74 Å². The van der Waals surface area contributed by atoms with Crippen molar-refractivity contribution >= 4 is 17.6 Å². The van der Waals surface area contributed by atoms with E-state index < -0.39 is 0 Å². The van der Waals surface area contributed by atoms with E-state index in [0.717, 1.165) is 18.7 Å². The monoisotopic (exact) mass is 277 g/mol. The molecule has 1 unspecified atom stereocenters. The van der Waals surface area contributed by atoms with Gasteiger partial charge in [-0.25, -0.2) is 0 Å². The quantitative estimate of drug-likeness (QED) is 0.774. The van der Waals surface area contributed by atoms with Gasteiger partial charge in [0, 0.05) is 24.7 Å². The van der Waals surface area contributed by atoms with E-state index in [0.29, 0.717) is 12.2 Å². The first-order valence-electron chi connectivity index (χ1n) is 6.74. The first kappa shape index (κ1) is 14.4. The normalized spacial score (nSPS) is 16.1. The maximum absolute atomic E-state index is 11.7. The summed E-state index contributed by atoms with van der Waals surface area (Å²) in [6.45, 7) is 2.56. The molecule has 1 fully saturated rings. The highest BCUT2D eigenvalue weighted by molar-refractivity contribution is 5.95.